The maximum atomic E-state index is 13.4. The van der Waals surface area contributed by atoms with Gasteiger partial charge in [0.15, 0.2) is 11.6 Å². The van der Waals surface area contributed by atoms with Gasteiger partial charge in [0.2, 0.25) is 0 Å². The van der Waals surface area contributed by atoms with E-state index >= 15 is 0 Å². The van der Waals surface area contributed by atoms with E-state index in [1.165, 1.54) is 0 Å². The summed E-state index contributed by atoms with van der Waals surface area (Å²) in [5.41, 5.74) is -0.968. The molecule has 6 heteroatoms. The second-order valence-electron chi connectivity index (χ2n) is 4.75. The van der Waals surface area contributed by atoms with Crippen LogP contribution in [0.2, 0.25) is 0 Å². The molecule has 1 rings (SSSR count). The fraction of sp³-hybridized carbons (Fsp3) is 0.500. The monoisotopic (exact) mass is 289 g/mol. The van der Waals surface area contributed by atoms with E-state index in [1.807, 2.05) is 0 Å². The highest BCUT2D eigenvalue weighted by atomic mass is 19.2. The molecule has 0 atom stereocenters. The third kappa shape index (κ3) is 3.50. The molecule has 0 bridgehead atoms. The van der Waals surface area contributed by atoms with Gasteiger partial charge in [-0.15, -0.1) is 0 Å². The van der Waals surface area contributed by atoms with Crippen molar-refractivity contribution >= 4 is 5.97 Å². The van der Waals surface area contributed by atoms with Crippen molar-refractivity contribution in [3.05, 3.63) is 35.1 Å². The van der Waals surface area contributed by atoms with E-state index in [1.54, 1.807) is 13.8 Å². The van der Waals surface area contributed by atoms with Crippen molar-refractivity contribution in [2.24, 2.45) is 5.41 Å². The van der Waals surface area contributed by atoms with Crippen molar-refractivity contribution < 1.29 is 23.1 Å². The molecule has 2 N–H and O–H groups in total. The minimum Gasteiger partial charge on any atom is -0.481 e. The standard InChI is InChI=1S/C14H18F3NO2/c1-3-14(4-2,13(19)20)8-18-7-9-5-11(16)12(17)6-10(9)15/h5-6,18H,3-4,7-8H2,1-2H3,(H,19,20). The molecule has 20 heavy (non-hydrogen) atoms. The van der Waals surface area contributed by atoms with E-state index in [-0.39, 0.29) is 18.7 Å². The highest BCUT2D eigenvalue weighted by molar-refractivity contribution is 5.74. The van der Waals surface area contributed by atoms with Crippen molar-refractivity contribution in [1.82, 2.24) is 5.32 Å². The van der Waals surface area contributed by atoms with Gasteiger partial charge in [-0.1, -0.05) is 13.8 Å². The topological polar surface area (TPSA) is 49.3 Å². The van der Waals surface area contributed by atoms with Crippen LogP contribution in [-0.4, -0.2) is 17.6 Å². The van der Waals surface area contributed by atoms with Crippen molar-refractivity contribution in [1.29, 1.82) is 0 Å². The molecule has 0 aliphatic heterocycles. The van der Waals surface area contributed by atoms with Gasteiger partial charge in [0.05, 0.1) is 5.41 Å². The van der Waals surface area contributed by atoms with Gasteiger partial charge in [0, 0.05) is 24.7 Å². The van der Waals surface area contributed by atoms with Crippen LogP contribution in [0.5, 0.6) is 0 Å². The molecule has 0 unspecified atom stereocenters. The van der Waals surface area contributed by atoms with Crippen molar-refractivity contribution in [3.8, 4) is 0 Å². The zero-order chi connectivity index (χ0) is 15.3. The zero-order valence-corrected chi connectivity index (χ0v) is 11.5. The maximum Gasteiger partial charge on any atom is 0.310 e. The van der Waals surface area contributed by atoms with Crippen LogP contribution >= 0.6 is 0 Å². The summed E-state index contributed by atoms with van der Waals surface area (Å²) >= 11 is 0. The first-order chi connectivity index (χ1) is 9.36. The number of nitrogens with one attached hydrogen (secondary N) is 1. The molecule has 0 amide bonds. The number of carbonyl (C=O) groups is 1. The van der Waals surface area contributed by atoms with E-state index in [2.05, 4.69) is 5.32 Å². The normalized spacial score (nSPS) is 11.7. The summed E-state index contributed by atoms with van der Waals surface area (Å²) < 4.78 is 39.2. The number of carboxylic acids is 1. The number of benzene rings is 1. The number of halogens is 3. The van der Waals surface area contributed by atoms with Crippen molar-refractivity contribution in [3.63, 3.8) is 0 Å². The second kappa shape index (κ2) is 6.74. The predicted octanol–water partition coefficient (Wildman–Crippen LogP) is 3.08. The predicted molar refractivity (Wildman–Crippen MR) is 68.7 cm³/mol. The maximum absolute atomic E-state index is 13.4. The van der Waals surface area contributed by atoms with Gasteiger partial charge >= 0.3 is 5.97 Å². The first-order valence-corrected chi connectivity index (χ1v) is 6.43. The summed E-state index contributed by atoms with van der Waals surface area (Å²) in [6, 6.07) is 1.26. The number of hydrogen-bond acceptors (Lipinski definition) is 2. The molecule has 0 fully saturated rings. The highest BCUT2D eigenvalue weighted by Crippen LogP contribution is 2.26. The Morgan fingerprint density at radius 1 is 1.15 bits per heavy atom. The third-order valence-electron chi connectivity index (χ3n) is 3.68. The lowest BCUT2D eigenvalue weighted by molar-refractivity contribution is -0.149. The third-order valence-corrected chi connectivity index (χ3v) is 3.68. The van der Waals surface area contributed by atoms with Gasteiger partial charge in [-0.2, -0.15) is 0 Å². The lowest BCUT2D eigenvalue weighted by Crippen LogP contribution is -2.40. The van der Waals surface area contributed by atoms with Gasteiger partial charge in [-0.05, 0) is 18.9 Å². The van der Waals surface area contributed by atoms with Gasteiger partial charge < -0.3 is 10.4 Å². The minimum absolute atomic E-state index is 0.0320. The molecule has 112 valence electrons. The van der Waals surface area contributed by atoms with Gasteiger partial charge in [-0.25, -0.2) is 13.2 Å². The molecule has 0 saturated heterocycles. The molecule has 3 nitrogen and oxygen atoms in total. The van der Waals surface area contributed by atoms with Crippen LogP contribution in [0.1, 0.15) is 32.3 Å². The number of carboxylic acid groups (broad SMARTS) is 1. The average Bonchev–Trinajstić information content (AvgIpc) is 2.40. The first kappa shape index (κ1) is 16.5. The SMILES string of the molecule is CCC(CC)(CNCc1cc(F)c(F)cc1F)C(=O)O. The Labute approximate surface area is 115 Å². The Hall–Kier alpha value is -1.56. The first-order valence-electron chi connectivity index (χ1n) is 6.43. The molecule has 1 aromatic rings. The molecule has 0 aliphatic rings. The van der Waals surface area contributed by atoms with Crippen LogP contribution in [-0.2, 0) is 11.3 Å². The molecular weight excluding hydrogens is 271 g/mol. The van der Waals surface area contributed by atoms with Crippen LogP contribution < -0.4 is 5.32 Å². The average molecular weight is 289 g/mol. The summed E-state index contributed by atoms with van der Waals surface area (Å²) in [6.07, 6.45) is 0.845. The largest absolute Gasteiger partial charge is 0.481 e. The molecule has 0 radical (unpaired) electrons. The Morgan fingerprint density at radius 2 is 1.70 bits per heavy atom. The van der Waals surface area contributed by atoms with Crippen LogP contribution in [0.15, 0.2) is 12.1 Å². The van der Waals surface area contributed by atoms with Crippen molar-refractivity contribution in [2.45, 2.75) is 33.2 Å². The van der Waals surface area contributed by atoms with Crippen molar-refractivity contribution in [2.75, 3.05) is 6.54 Å². The summed E-state index contributed by atoms with van der Waals surface area (Å²) in [6.45, 7) is 3.60. The second-order valence-corrected chi connectivity index (χ2v) is 4.75. The lowest BCUT2D eigenvalue weighted by atomic mass is 9.82. The van der Waals surface area contributed by atoms with E-state index in [0.29, 0.717) is 18.9 Å². The van der Waals surface area contributed by atoms with Gasteiger partial charge in [-0.3, -0.25) is 4.79 Å². The van der Waals surface area contributed by atoms with Crippen LogP contribution in [0.25, 0.3) is 0 Å². The summed E-state index contributed by atoms with van der Waals surface area (Å²) in [5, 5.41) is 12.0. The number of hydrogen-bond donors (Lipinski definition) is 2. The number of aliphatic carboxylic acids is 1. The quantitative estimate of drug-likeness (QED) is 0.758. The van der Waals surface area contributed by atoms with E-state index < -0.39 is 28.8 Å². The fourth-order valence-corrected chi connectivity index (χ4v) is 2.01. The summed E-state index contributed by atoms with van der Waals surface area (Å²) in [4.78, 5) is 11.3. The van der Waals surface area contributed by atoms with E-state index in [9.17, 15) is 23.1 Å². The molecule has 0 aromatic heterocycles. The fourth-order valence-electron chi connectivity index (χ4n) is 2.01. The van der Waals surface area contributed by atoms with E-state index in [4.69, 9.17) is 0 Å². The highest BCUT2D eigenvalue weighted by Gasteiger charge is 2.34. The van der Waals surface area contributed by atoms with Crippen LogP contribution in [0, 0.1) is 22.9 Å². The minimum atomic E-state index is -1.24. The Balaban J connectivity index is 2.73. The summed E-state index contributed by atoms with van der Waals surface area (Å²) in [7, 11) is 0. The zero-order valence-electron chi connectivity index (χ0n) is 11.5. The lowest BCUT2D eigenvalue weighted by Gasteiger charge is -2.27. The Bertz CT molecular complexity index is 488. The van der Waals surface area contributed by atoms with E-state index in [0.717, 1.165) is 6.07 Å². The van der Waals surface area contributed by atoms with Crippen LogP contribution in [0.4, 0.5) is 13.2 Å². The summed E-state index contributed by atoms with van der Waals surface area (Å²) in [5.74, 6) is -4.15. The van der Waals surface area contributed by atoms with Crippen LogP contribution in [0.3, 0.4) is 0 Å². The smallest absolute Gasteiger partial charge is 0.310 e. The van der Waals surface area contributed by atoms with Gasteiger partial charge in [0.1, 0.15) is 5.82 Å². The molecule has 0 heterocycles. The molecule has 0 saturated carbocycles. The Morgan fingerprint density at radius 3 is 2.20 bits per heavy atom. The molecule has 1 aromatic carbocycles. The molecule has 0 aliphatic carbocycles. The molecule has 0 spiro atoms. The molecular formula is C14H18F3NO2. The number of rotatable bonds is 7. The van der Waals surface area contributed by atoms with Gasteiger partial charge in [0.25, 0.3) is 0 Å². The Kier molecular flexibility index (Phi) is 5.56.